The van der Waals surface area contributed by atoms with Gasteiger partial charge in [0, 0.05) is 17.1 Å². The molecule has 2 rings (SSSR count). The van der Waals surface area contributed by atoms with E-state index in [2.05, 4.69) is 63.0 Å². The van der Waals surface area contributed by atoms with Crippen molar-refractivity contribution < 1.29 is 9.59 Å². The zero-order chi connectivity index (χ0) is 16.7. The molecule has 0 atom stereocenters. The van der Waals surface area contributed by atoms with Crippen LogP contribution in [0.1, 0.15) is 40.9 Å². The molecule has 0 spiro atoms. The summed E-state index contributed by atoms with van der Waals surface area (Å²) in [5, 5.41) is 0. The Labute approximate surface area is 144 Å². The van der Waals surface area contributed by atoms with Gasteiger partial charge in [0.1, 0.15) is 5.69 Å². The number of amides is 2. The van der Waals surface area contributed by atoms with Crippen LogP contribution >= 0.6 is 15.9 Å². The van der Waals surface area contributed by atoms with Gasteiger partial charge in [-0.25, -0.2) is 0 Å². The molecule has 5 nitrogen and oxygen atoms in total. The second-order valence-corrected chi connectivity index (χ2v) is 6.34. The Balaban J connectivity index is 1.61. The molecule has 0 aliphatic rings. The summed E-state index contributed by atoms with van der Waals surface area (Å²) in [7, 11) is 0. The van der Waals surface area contributed by atoms with Crippen LogP contribution in [0.15, 0.2) is 41.0 Å². The maximum Gasteiger partial charge on any atom is 0.286 e. The van der Waals surface area contributed by atoms with Gasteiger partial charge in [-0.2, -0.15) is 0 Å². The fourth-order valence-electron chi connectivity index (χ4n) is 2.12. The molecule has 0 saturated heterocycles. The lowest BCUT2D eigenvalue weighted by atomic mass is 10.1. The maximum atomic E-state index is 11.7. The standard InChI is InChI=1S/C17H20BrN3O2/c1-12-6-8-13(9-7-12)4-2-3-5-16(22)20-21-17(23)15-10-14(18)11-19-15/h6-11,19H,2-5H2,1H3,(H,20,22)(H,21,23). The van der Waals surface area contributed by atoms with Gasteiger partial charge in [0.2, 0.25) is 5.91 Å². The van der Waals surface area contributed by atoms with E-state index in [0.29, 0.717) is 12.1 Å². The topological polar surface area (TPSA) is 74.0 Å². The molecule has 1 aromatic heterocycles. The molecule has 3 N–H and O–H groups in total. The molecule has 0 saturated carbocycles. The molecule has 0 bridgehead atoms. The molecule has 0 unspecified atom stereocenters. The minimum Gasteiger partial charge on any atom is -0.356 e. The quantitative estimate of drug-likeness (QED) is 0.533. The number of carbonyl (C=O) groups excluding carboxylic acids is 2. The van der Waals surface area contributed by atoms with Crippen LogP contribution in [0.25, 0.3) is 0 Å². The van der Waals surface area contributed by atoms with E-state index in [1.807, 2.05) is 0 Å². The number of carbonyl (C=O) groups is 2. The molecular formula is C17H20BrN3O2. The molecule has 0 radical (unpaired) electrons. The molecule has 2 amide bonds. The number of benzene rings is 1. The lowest BCUT2D eigenvalue weighted by Crippen LogP contribution is -2.41. The van der Waals surface area contributed by atoms with Crippen LogP contribution in [0, 0.1) is 6.92 Å². The lowest BCUT2D eigenvalue weighted by molar-refractivity contribution is -0.121. The number of nitrogens with one attached hydrogen (secondary N) is 3. The van der Waals surface area contributed by atoms with Gasteiger partial charge >= 0.3 is 0 Å². The van der Waals surface area contributed by atoms with Crippen LogP contribution in [0.5, 0.6) is 0 Å². The summed E-state index contributed by atoms with van der Waals surface area (Å²) in [5.41, 5.74) is 7.72. The van der Waals surface area contributed by atoms with E-state index < -0.39 is 0 Å². The minimum absolute atomic E-state index is 0.187. The minimum atomic E-state index is -0.372. The van der Waals surface area contributed by atoms with Gasteiger partial charge in [-0.05, 0) is 53.7 Å². The third kappa shape index (κ3) is 5.90. The number of hydrazine groups is 1. The van der Waals surface area contributed by atoms with Crippen LogP contribution in [-0.2, 0) is 11.2 Å². The van der Waals surface area contributed by atoms with Crippen molar-refractivity contribution in [3.05, 3.63) is 57.8 Å². The Kier molecular flexibility index (Phi) is 6.40. The zero-order valence-electron chi connectivity index (χ0n) is 13.0. The van der Waals surface area contributed by atoms with Crippen molar-refractivity contribution in [2.45, 2.75) is 32.6 Å². The lowest BCUT2D eigenvalue weighted by Gasteiger charge is -2.06. The number of aromatic nitrogens is 1. The Hall–Kier alpha value is -2.08. The van der Waals surface area contributed by atoms with Crippen LogP contribution in [0.2, 0.25) is 0 Å². The number of hydrogen-bond donors (Lipinski definition) is 3. The first-order chi connectivity index (χ1) is 11.0. The molecule has 0 aliphatic heterocycles. The number of H-pyrrole nitrogens is 1. The fourth-order valence-corrected chi connectivity index (χ4v) is 2.47. The van der Waals surface area contributed by atoms with E-state index in [4.69, 9.17) is 0 Å². The summed E-state index contributed by atoms with van der Waals surface area (Å²) in [6, 6.07) is 10.1. The molecule has 1 aromatic carbocycles. The first-order valence-corrected chi connectivity index (χ1v) is 8.32. The second kappa shape index (κ2) is 8.53. The predicted octanol–water partition coefficient (Wildman–Crippen LogP) is 3.26. The molecule has 23 heavy (non-hydrogen) atoms. The van der Waals surface area contributed by atoms with E-state index in [1.165, 1.54) is 11.1 Å². The third-order valence-corrected chi connectivity index (χ3v) is 3.91. The van der Waals surface area contributed by atoms with Crippen molar-refractivity contribution in [1.29, 1.82) is 0 Å². The molecule has 122 valence electrons. The van der Waals surface area contributed by atoms with Gasteiger partial charge in [-0.15, -0.1) is 0 Å². The summed E-state index contributed by atoms with van der Waals surface area (Å²) in [5.74, 6) is -0.559. The smallest absolute Gasteiger partial charge is 0.286 e. The summed E-state index contributed by atoms with van der Waals surface area (Å²) >= 11 is 3.25. The van der Waals surface area contributed by atoms with Crippen molar-refractivity contribution in [3.8, 4) is 0 Å². The Morgan fingerprint density at radius 1 is 1.13 bits per heavy atom. The van der Waals surface area contributed by atoms with Gasteiger partial charge in [0.15, 0.2) is 0 Å². The highest BCUT2D eigenvalue weighted by Gasteiger charge is 2.09. The number of rotatable bonds is 6. The van der Waals surface area contributed by atoms with Crippen molar-refractivity contribution in [2.24, 2.45) is 0 Å². The average molecular weight is 378 g/mol. The number of unbranched alkanes of at least 4 members (excludes halogenated alkanes) is 1. The third-order valence-electron chi connectivity index (χ3n) is 3.45. The SMILES string of the molecule is Cc1ccc(CCCCC(=O)NNC(=O)c2cc(Br)c[nH]2)cc1. The van der Waals surface area contributed by atoms with Crippen molar-refractivity contribution in [2.75, 3.05) is 0 Å². The van der Waals surface area contributed by atoms with Crippen LogP contribution in [0.3, 0.4) is 0 Å². The first-order valence-electron chi connectivity index (χ1n) is 7.53. The van der Waals surface area contributed by atoms with E-state index >= 15 is 0 Å². The van der Waals surface area contributed by atoms with Crippen molar-refractivity contribution >= 4 is 27.7 Å². The summed E-state index contributed by atoms with van der Waals surface area (Å²) in [6.45, 7) is 2.06. The first kappa shape index (κ1) is 17.3. The normalized spacial score (nSPS) is 10.3. The fraction of sp³-hybridized carbons (Fsp3) is 0.294. The number of aryl methyl sites for hydroxylation is 2. The van der Waals surface area contributed by atoms with E-state index in [-0.39, 0.29) is 11.8 Å². The van der Waals surface area contributed by atoms with Crippen molar-refractivity contribution in [1.82, 2.24) is 15.8 Å². The highest BCUT2D eigenvalue weighted by molar-refractivity contribution is 9.10. The van der Waals surface area contributed by atoms with Crippen molar-refractivity contribution in [3.63, 3.8) is 0 Å². The van der Waals surface area contributed by atoms with Gasteiger partial charge in [0.25, 0.3) is 5.91 Å². The zero-order valence-corrected chi connectivity index (χ0v) is 14.6. The van der Waals surface area contributed by atoms with Gasteiger partial charge in [-0.3, -0.25) is 20.4 Å². The molecule has 6 heteroatoms. The van der Waals surface area contributed by atoms with Gasteiger partial charge in [0.05, 0.1) is 0 Å². The monoisotopic (exact) mass is 377 g/mol. The Morgan fingerprint density at radius 3 is 2.52 bits per heavy atom. The van der Waals surface area contributed by atoms with E-state index in [0.717, 1.165) is 23.7 Å². The summed E-state index contributed by atoms with van der Waals surface area (Å²) in [4.78, 5) is 26.2. The molecule has 0 fully saturated rings. The highest BCUT2D eigenvalue weighted by Crippen LogP contribution is 2.10. The molecular weight excluding hydrogens is 358 g/mol. The largest absolute Gasteiger partial charge is 0.356 e. The maximum absolute atomic E-state index is 11.7. The molecule has 0 aliphatic carbocycles. The Bertz CT molecular complexity index is 665. The number of halogens is 1. The second-order valence-electron chi connectivity index (χ2n) is 5.43. The Morgan fingerprint density at radius 2 is 1.87 bits per heavy atom. The van der Waals surface area contributed by atoms with Crippen LogP contribution in [-0.4, -0.2) is 16.8 Å². The van der Waals surface area contributed by atoms with E-state index in [9.17, 15) is 9.59 Å². The van der Waals surface area contributed by atoms with Gasteiger partial charge < -0.3 is 4.98 Å². The summed E-state index contributed by atoms with van der Waals surface area (Å²) in [6.07, 6.45) is 4.72. The van der Waals surface area contributed by atoms with Crippen LogP contribution in [0.4, 0.5) is 0 Å². The number of hydrogen-bond acceptors (Lipinski definition) is 2. The van der Waals surface area contributed by atoms with Crippen LogP contribution < -0.4 is 10.9 Å². The average Bonchev–Trinajstić information content (AvgIpc) is 2.97. The van der Waals surface area contributed by atoms with Gasteiger partial charge in [-0.1, -0.05) is 29.8 Å². The number of aromatic amines is 1. The summed E-state index contributed by atoms with van der Waals surface area (Å²) < 4.78 is 0.782. The highest BCUT2D eigenvalue weighted by atomic mass is 79.9. The molecule has 2 aromatic rings. The predicted molar refractivity (Wildman–Crippen MR) is 92.8 cm³/mol. The van der Waals surface area contributed by atoms with E-state index in [1.54, 1.807) is 12.3 Å². The molecule has 1 heterocycles.